The van der Waals surface area contributed by atoms with Crippen molar-refractivity contribution in [3.8, 4) is 5.75 Å². The van der Waals surface area contributed by atoms with Crippen LogP contribution < -0.4 is 10.5 Å². The van der Waals surface area contributed by atoms with Crippen LogP contribution in [0.5, 0.6) is 5.75 Å². The number of hydrogen-bond donors (Lipinski definition) is 1. The minimum atomic E-state index is 0.389. The smallest absolute Gasteiger partial charge is 0.129 e. The molecule has 4 heteroatoms. The van der Waals surface area contributed by atoms with Gasteiger partial charge in [0.25, 0.3) is 0 Å². The predicted molar refractivity (Wildman–Crippen MR) is 91.9 cm³/mol. The van der Waals surface area contributed by atoms with Crippen molar-refractivity contribution in [3.63, 3.8) is 0 Å². The highest BCUT2D eigenvalue weighted by Gasteiger charge is 2.24. The first-order chi connectivity index (χ1) is 10.1. The van der Waals surface area contributed by atoms with Crippen LogP contribution in [0.2, 0.25) is 0 Å². The number of nitrogens with zero attached hydrogens (tertiary/aromatic N) is 1. The molecular weight excluding hydrogens is 280 g/mol. The SMILES string of the molecule is CC1CCCCC1N(C)CCOc1ccccc1C(N)=S. The van der Waals surface area contributed by atoms with Gasteiger partial charge in [0.05, 0.1) is 5.56 Å². The van der Waals surface area contributed by atoms with E-state index in [9.17, 15) is 0 Å². The Kier molecular flexibility index (Phi) is 6.00. The second-order valence-corrected chi connectivity index (χ2v) is 6.46. The summed E-state index contributed by atoms with van der Waals surface area (Å²) in [5.74, 6) is 1.57. The third kappa shape index (κ3) is 4.42. The number of para-hydroxylation sites is 1. The van der Waals surface area contributed by atoms with Gasteiger partial charge in [-0.05, 0) is 37.9 Å². The fraction of sp³-hybridized carbons (Fsp3) is 0.588. The number of likely N-dealkylation sites (N-methyl/N-ethyl adjacent to an activating group) is 1. The highest BCUT2D eigenvalue weighted by molar-refractivity contribution is 7.80. The van der Waals surface area contributed by atoms with Crippen LogP contribution >= 0.6 is 12.2 Å². The van der Waals surface area contributed by atoms with Gasteiger partial charge in [0.15, 0.2) is 0 Å². The Labute approximate surface area is 133 Å². The van der Waals surface area contributed by atoms with Crippen LogP contribution in [0.1, 0.15) is 38.2 Å². The van der Waals surface area contributed by atoms with E-state index >= 15 is 0 Å². The summed E-state index contributed by atoms with van der Waals surface area (Å²) in [7, 11) is 2.20. The van der Waals surface area contributed by atoms with E-state index in [1.807, 2.05) is 24.3 Å². The lowest BCUT2D eigenvalue weighted by atomic mass is 9.85. The highest BCUT2D eigenvalue weighted by Crippen LogP contribution is 2.27. The van der Waals surface area contributed by atoms with E-state index < -0.39 is 0 Å². The van der Waals surface area contributed by atoms with Crippen molar-refractivity contribution >= 4 is 17.2 Å². The van der Waals surface area contributed by atoms with Crippen LogP contribution in [0, 0.1) is 5.92 Å². The van der Waals surface area contributed by atoms with Crippen LogP contribution in [-0.2, 0) is 0 Å². The molecule has 0 radical (unpaired) electrons. The molecule has 1 aliphatic rings. The van der Waals surface area contributed by atoms with E-state index in [4.69, 9.17) is 22.7 Å². The molecule has 0 spiro atoms. The van der Waals surface area contributed by atoms with Crippen LogP contribution in [-0.4, -0.2) is 36.1 Å². The summed E-state index contributed by atoms with van der Waals surface area (Å²) < 4.78 is 5.89. The number of hydrogen-bond acceptors (Lipinski definition) is 3. The quantitative estimate of drug-likeness (QED) is 0.819. The van der Waals surface area contributed by atoms with Gasteiger partial charge in [-0.1, -0.05) is 44.1 Å². The van der Waals surface area contributed by atoms with Crippen LogP contribution in [0.15, 0.2) is 24.3 Å². The Hall–Kier alpha value is -1.13. The van der Waals surface area contributed by atoms with Gasteiger partial charge in [-0.2, -0.15) is 0 Å². The molecule has 3 nitrogen and oxygen atoms in total. The summed E-state index contributed by atoms with van der Waals surface area (Å²) in [6.07, 6.45) is 5.38. The number of thiocarbonyl (C=S) groups is 1. The van der Waals surface area contributed by atoms with Gasteiger partial charge in [-0.25, -0.2) is 0 Å². The Morgan fingerprint density at radius 2 is 2.05 bits per heavy atom. The maximum atomic E-state index is 5.89. The van der Waals surface area contributed by atoms with E-state index in [0.717, 1.165) is 23.8 Å². The molecule has 0 saturated heterocycles. The molecule has 2 N–H and O–H groups in total. The average Bonchev–Trinajstić information content (AvgIpc) is 2.48. The van der Waals surface area contributed by atoms with Gasteiger partial charge in [-0.15, -0.1) is 0 Å². The molecule has 21 heavy (non-hydrogen) atoms. The van der Waals surface area contributed by atoms with Crippen molar-refractivity contribution in [1.82, 2.24) is 4.90 Å². The zero-order valence-electron chi connectivity index (χ0n) is 13.0. The summed E-state index contributed by atoms with van der Waals surface area (Å²) in [5.41, 5.74) is 6.54. The lowest BCUT2D eigenvalue weighted by molar-refractivity contribution is 0.120. The molecule has 1 aromatic carbocycles. The number of ether oxygens (including phenoxy) is 1. The predicted octanol–water partition coefficient (Wildman–Crippen LogP) is 3.21. The Morgan fingerprint density at radius 3 is 2.76 bits per heavy atom. The summed E-state index contributed by atoms with van der Waals surface area (Å²) in [6.45, 7) is 3.96. The fourth-order valence-electron chi connectivity index (χ4n) is 3.21. The van der Waals surface area contributed by atoms with Crippen molar-refractivity contribution in [1.29, 1.82) is 0 Å². The minimum Gasteiger partial charge on any atom is -0.492 e. The molecule has 0 heterocycles. The zero-order valence-corrected chi connectivity index (χ0v) is 13.9. The lowest BCUT2D eigenvalue weighted by Crippen LogP contribution is -2.40. The Morgan fingerprint density at radius 1 is 1.33 bits per heavy atom. The standard InChI is InChI=1S/C17H26N2OS/c1-13-7-3-5-9-15(13)19(2)11-12-20-16-10-6-4-8-14(16)17(18)21/h4,6,8,10,13,15H,3,5,7,9,11-12H2,1-2H3,(H2,18,21). The third-order valence-corrected chi connectivity index (χ3v) is 4.71. The van der Waals surface area contributed by atoms with Crippen molar-refractivity contribution in [2.45, 2.75) is 38.6 Å². The number of benzene rings is 1. The maximum Gasteiger partial charge on any atom is 0.129 e. The molecule has 2 atom stereocenters. The molecule has 1 aliphatic carbocycles. The second-order valence-electron chi connectivity index (χ2n) is 6.02. The van der Waals surface area contributed by atoms with Crippen molar-refractivity contribution in [2.24, 2.45) is 11.7 Å². The molecule has 0 aliphatic heterocycles. The molecule has 2 rings (SSSR count). The largest absolute Gasteiger partial charge is 0.492 e. The van der Waals surface area contributed by atoms with Crippen molar-refractivity contribution in [2.75, 3.05) is 20.2 Å². The number of rotatable bonds is 6. The third-order valence-electron chi connectivity index (χ3n) is 4.49. The van der Waals surface area contributed by atoms with E-state index in [1.165, 1.54) is 25.7 Å². The first-order valence-corrected chi connectivity index (χ1v) is 8.22. The van der Waals surface area contributed by atoms with Gasteiger partial charge in [0.2, 0.25) is 0 Å². The van der Waals surface area contributed by atoms with E-state index in [0.29, 0.717) is 17.6 Å². The molecule has 1 fully saturated rings. The molecular formula is C17H26N2OS. The van der Waals surface area contributed by atoms with Gasteiger partial charge < -0.3 is 10.5 Å². The van der Waals surface area contributed by atoms with Gasteiger partial charge >= 0.3 is 0 Å². The fourth-order valence-corrected chi connectivity index (χ4v) is 3.38. The van der Waals surface area contributed by atoms with E-state index in [2.05, 4.69) is 18.9 Å². The summed E-state index contributed by atoms with van der Waals surface area (Å²) >= 11 is 5.06. The van der Waals surface area contributed by atoms with Crippen molar-refractivity contribution < 1.29 is 4.74 Å². The molecule has 1 aromatic rings. The molecule has 2 unspecified atom stereocenters. The van der Waals surface area contributed by atoms with E-state index in [-0.39, 0.29) is 0 Å². The molecule has 0 amide bonds. The lowest BCUT2D eigenvalue weighted by Gasteiger charge is -2.36. The first kappa shape index (κ1) is 16.2. The average molecular weight is 306 g/mol. The Balaban J connectivity index is 1.85. The topological polar surface area (TPSA) is 38.5 Å². The van der Waals surface area contributed by atoms with Gasteiger partial charge in [0.1, 0.15) is 17.3 Å². The first-order valence-electron chi connectivity index (χ1n) is 7.81. The van der Waals surface area contributed by atoms with E-state index in [1.54, 1.807) is 0 Å². The van der Waals surface area contributed by atoms with Crippen LogP contribution in [0.4, 0.5) is 0 Å². The second kappa shape index (κ2) is 7.76. The van der Waals surface area contributed by atoms with Crippen LogP contribution in [0.3, 0.4) is 0 Å². The monoisotopic (exact) mass is 306 g/mol. The molecule has 1 saturated carbocycles. The molecule has 116 valence electrons. The molecule has 0 bridgehead atoms. The van der Waals surface area contributed by atoms with Crippen molar-refractivity contribution in [3.05, 3.63) is 29.8 Å². The number of nitrogens with two attached hydrogens (primary N) is 1. The van der Waals surface area contributed by atoms with Gasteiger partial charge in [0, 0.05) is 12.6 Å². The summed E-state index contributed by atoms with van der Waals surface area (Å²) in [5, 5.41) is 0. The van der Waals surface area contributed by atoms with Crippen LogP contribution in [0.25, 0.3) is 0 Å². The maximum absolute atomic E-state index is 5.89. The summed E-state index contributed by atoms with van der Waals surface area (Å²) in [4.78, 5) is 2.83. The van der Waals surface area contributed by atoms with Gasteiger partial charge in [-0.3, -0.25) is 4.90 Å². The minimum absolute atomic E-state index is 0.389. The molecule has 0 aromatic heterocycles. The zero-order chi connectivity index (χ0) is 15.2. The Bertz CT molecular complexity index is 478. The summed E-state index contributed by atoms with van der Waals surface area (Å²) in [6, 6.07) is 8.40. The normalized spacial score (nSPS) is 22.2. The highest BCUT2D eigenvalue weighted by atomic mass is 32.1.